The monoisotopic (exact) mass is 221 g/mol. The Kier molecular flexibility index (Phi) is 4.14. The number of carbonyl (C=O) groups excluding carboxylic acids is 2. The number of aromatic nitrogens is 1. The minimum atomic E-state index is -0.357. The van der Waals surface area contributed by atoms with E-state index in [0.717, 1.165) is 0 Å². The third-order valence-electron chi connectivity index (χ3n) is 1.77. The Hall–Kier alpha value is -2.24. The van der Waals surface area contributed by atoms with E-state index in [0.29, 0.717) is 17.7 Å². The molecule has 0 spiro atoms. The third-order valence-corrected chi connectivity index (χ3v) is 1.77. The van der Waals surface area contributed by atoms with Gasteiger partial charge in [-0.1, -0.05) is 0 Å². The van der Waals surface area contributed by atoms with Gasteiger partial charge in [-0.2, -0.15) is 0 Å². The summed E-state index contributed by atoms with van der Waals surface area (Å²) in [5, 5.41) is 2.43. The van der Waals surface area contributed by atoms with Gasteiger partial charge in [-0.3, -0.25) is 14.6 Å². The lowest BCUT2D eigenvalue weighted by Gasteiger charge is -2.06. The van der Waals surface area contributed by atoms with Crippen molar-refractivity contribution in [2.24, 2.45) is 4.99 Å². The summed E-state index contributed by atoms with van der Waals surface area (Å²) in [7, 11) is 1.49. The van der Waals surface area contributed by atoms with Gasteiger partial charge in [0.25, 0.3) is 5.91 Å². The molecule has 0 bridgehead atoms. The highest BCUT2D eigenvalue weighted by Gasteiger charge is 2.11. The molecule has 0 aromatic carbocycles. The van der Waals surface area contributed by atoms with Gasteiger partial charge in [0.15, 0.2) is 12.0 Å². The van der Waals surface area contributed by atoms with E-state index < -0.39 is 0 Å². The smallest absolute Gasteiger partial charge is 0.271 e. The molecule has 0 radical (unpaired) electrons. The molecule has 6 nitrogen and oxygen atoms in total. The first-order valence-electron chi connectivity index (χ1n) is 4.48. The van der Waals surface area contributed by atoms with Crippen molar-refractivity contribution in [2.45, 2.75) is 0 Å². The van der Waals surface area contributed by atoms with Crippen LogP contribution in [0.2, 0.25) is 0 Å². The molecule has 0 saturated carbocycles. The molecule has 0 aliphatic carbocycles. The van der Waals surface area contributed by atoms with Crippen molar-refractivity contribution in [1.82, 2.24) is 10.3 Å². The average molecular weight is 221 g/mol. The fraction of sp³-hybridized carbons (Fsp3) is 0.200. The molecule has 1 rings (SSSR count). The van der Waals surface area contributed by atoms with Gasteiger partial charge in [-0.25, -0.2) is 4.98 Å². The van der Waals surface area contributed by atoms with E-state index in [4.69, 9.17) is 4.74 Å². The lowest BCUT2D eigenvalue weighted by molar-refractivity contribution is -0.109. The molecule has 0 atom stereocenters. The summed E-state index contributed by atoms with van der Waals surface area (Å²) in [4.78, 5) is 29.0. The third kappa shape index (κ3) is 2.63. The van der Waals surface area contributed by atoms with E-state index in [-0.39, 0.29) is 18.2 Å². The second-order valence-corrected chi connectivity index (χ2v) is 2.75. The van der Waals surface area contributed by atoms with Crippen LogP contribution in [0, 0.1) is 0 Å². The highest BCUT2D eigenvalue weighted by Crippen LogP contribution is 2.22. The van der Waals surface area contributed by atoms with E-state index in [1.807, 2.05) is 0 Å². The molecule has 1 aromatic rings. The minimum absolute atomic E-state index is 0.0718. The Morgan fingerprint density at radius 2 is 2.50 bits per heavy atom. The van der Waals surface area contributed by atoms with Gasteiger partial charge >= 0.3 is 0 Å². The van der Waals surface area contributed by atoms with Crippen LogP contribution >= 0.6 is 0 Å². The van der Waals surface area contributed by atoms with Crippen LogP contribution in [0.25, 0.3) is 0 Å². The molecule has 1 heterocycles. The molecule has 0 unspecified atom stereocenters. The van der Waals surface area contributed by atoms with Gasteiger partial charge in [0.1, 0.15) is 12.4 Å². The Labute approximate surface area is 92.4 Å². The fourth-order valence-electron chi connectivity index (χ4n) is 1.06. The number of hydrogen-bond donors (Lipinski definition) is 1. The highest BCUT2D eigenvalue weighted by atomic mass is 16.5. The summed E-state index contributed by atoms with van der Waals surface area (Å²) in [6, 6.07) is 1.49. The second-order valence-electron chi connectivity index (χ2n) is 2.75. The Morgan fingerprint density at radius 3 is 3.06 bits per heavy atom. The predicted octanol–water partition coefficient (Wildman–Crippen LogP) is 0.351. The molecule has 0 saturated heterocycles. The van der Waals surface area contributed by atoms with Crippen molar-refractivity contribution >= 4 is 24.6 Å². The number of aliphatic imine (C=N–C) groups is 1. The number of pyridine rings is 1. The first-order valence-corrected chi connectivity index (χ1v) is 4.48. The molecule has 1 aromatic heterocycles. The van der Waals surface area contributed by atoms with Crippen LogP contribution in [0.4, 0.5) is 5.69 Å². The van der Waals surface area contributed by atoms with E-state index >= 15 is 0 Å². The van der Waals surface area contributed by atoms with Gasteiger partial charge in [-0.05, 0) is 6.72 Å². The van der Waals surface area contributed by atoms with Crippen LogP contribution in [0.3, 0.4) is 0 Å². The molecule has 0 aliphatic rings. The first-order chi connectivity index (χ1) is 7.72. The second kappa shape index (κ2) is 5.59. The Morgan fingerprint density at radius 1 is 1.75 bits per heavy atom. The van der Waals surface area contributed by atoms with E-state index in [1.165, 1.54) is 19.3 Å². The van der Waals surface area contributed by atoms with Gasteiger partial charge in [0.2, 0.25) is 0 Å². The lowest BCUT2D eigenvalue weighted by atomic mass is 10.3. The molecule has 0 fully saturated rings. The summed E-state index contributed by atoms with van der Waals surface area (Å²) in [6.07, 6.45) is 1.97. The van der Waals surface area contributed by atoms with Gasteiger partial charge in [0.05, 0.1) is 11.9 Å². The molecular weight excluding hydrogens is 210 g/mol. The van der Waals surface area contributed by atoms with Crippen LogP contribution in [0.5, 0.6) is 5.75 Å². The maximum absolute atomic E-state index is 11.4. The van der Waals surface area contributed by atoms with Gasteiger partial charge in [0, 0.05) is 13.1 Å². The molecule has 84 valence electrons. The molecule has 16 heavy (non-hydrogen) atoms. The van der Waals surface area contributed by atoms with Crippen LogP contribution in [0.1, 0.15) is 10.5 Å². The van der Waals surface area contributed by atoms with Crippen molar-refractivity contribution in [3.63, 3.8) is 0 Å². The number of rotatable bonds is 5. The number of nitrogens with zero attached hydrogens (tertiary/aromatic N) is 2. The van der Waals surface area contributed by atoms with Crippen LogP contribution in [-0.2, 0) is 4.79 Å². The average Bonchev–Trinajstić information content (AvgIpc) is 2.34. The number of hydrogen-bond acceptors (Lipinski definition) is 5. The van der Waals surface area contributed by atoms with Crippen LogP contribution < -0.4 is 10.1 Å². The zero-order valence-electron chi connectivity index (χ0n) is 8.77. The highest BCUT2D eigenvalue weighted by molar-refractivity contribution is 5.97. The number of amides is 1. The molecule has 0 aliphatic heterocycles. The largest absolute Gasteiger partial charge is 0.484 e. The minimum Gasteiger partial charge on any atom is -0.484 e. The number of ether oxygens (including phenoxy) is 1. The standard InChI is InChI=1S/C10H11N3O3/c1-11-8-5-7(16-4-3-14)6-13-9(8)10(15)12-2/h3,5-6H,1,4H2,2H3,(H,12,15). The fourth-order valence-corrected chi connectivity index (χ4v) is 1.06. The maximum Gasteiger partial charge on any atom is 0.271 e. The number of carbonyl (C=O) groups is 2. The van der Waals surface area contributed by atoms with E-state index in [9.17, 15) is 9.59 Å². The summed E-state index contributed by atoms with van der Waals surface area (Å²) in [5.41, 5.74) is 0.471. The Balaban J connectivity index is 3.01. The molecule has 1 amide bonds. The van der Waals surface area contributed by atoms with Crippen molar-refractivity contribution in [1.29, 1.82) is 0 Å². The van der Waals surface area contributed by atoms with Crippen molar-refractivity contribution in [2.75, 3.05) is 13.7 Å². The van der Waals surface area contributed by atoms with Gasteiger partial charge in [-0.15, -0.1) is 0 Å². The van der Waals surface area contributed by atoms with Gasteiger partial charge < -0.3 is 10.1 Å². The summed E-state index contributed by atoms with van der Waals surface area (Å²) in [5.74, 6) is 0.00601. The van der Waals surface area contributed by atoms with E-state index in [2.05, 4.69) is 22.0 Å². The summed E-state index contributed by atoms with van der Waals surface area (Å²) in [6.45, 7) is 3.26. The van der Waals surface area contributed by atoms with Crippen molar-refractivity contribution < 1.29 is 14.3 Å². The van der Waals surface area contributed by atoms with Crippen molar-refractivity contribution in [3.8, 4) is 5.75 Å². The zero-order chi connectivity index (χ0) is 12.0. The SMILES string of the molecule is C=Nc1cc(OCC=O)cnc1C(=O)NC. The van der Waals surface area contributed by atoms with Crippen LogP contribution in [0.15, 0.2) is 17.3 Å². The first kappa shape index (κ1) is 11.8. The summed E-state index contributed by atoms with van der Waals surface area (Å²) < 4.78 is 5.02. The quantitative estimate of drug-likeness (QED) is 0.574. The Bertz CT molecular complexity index is 418. The zero-order valence-corrected chi connectivity index (χ0v) is 8.77. The summed E-state index contributed by atoms with van der Waals surface area (Å²) >= 11 is 0. The van der Waals surface area contributed by atoms with Crippen LogP contribution in [-0.4, -0.2) is 37.5 Å². The lowest BCUT2D eigenvalue weighted by Crippen LogP contribution is -2.19. The number of aldehydes is 1. The predicted molar refractivity (Wildman–Crippen MR) is 58.4 cm³/mol. The molecule has 6 heteroatoms. The normalized spacial score (nSPS) is 9.31. The van der Waals surface area contributed by atoms with Crippen molar-refractivity contribution in [3.05, 3.63) is 18.0 Å². The molecule has 1 N–H and O–H groups in total. The molecular formula is C10H11N3O3. The number of nitrogens with one attached hydrogen (secondary N) is 1. The topological polar surface area (TPSA) is 80.7 Å². The maximum atomic E-state index is 11.4. The van der Waals surface area contributed by atoms with E-state index in [1.54, 1.807) is 0 Å².